The summed E-state index contributed by atoms with van der Waals surface area (Å²) in [6, 6.07) is 10.5. The number of carboxylic acid groups (broad SMARTS) is 1. The van der Waals surface area contributed by atoms with Gasteiger partial charge in [-0.05, 0) is 31.2 Å². The highest BCUT2D eigenvalue weighted by molar-refractivity contribution is 5.85. The summed E-state index contributed by atoms with van der Waals surface area (Å²) in [6.07, 6.45) is 1.72. The van der Waals surface area contributed by atoms with Crippen LogP contribution in [0.2, 0.25) is 0 Å². The SMILES string of the molecule is C[C@H](Nc1cccc(C(=O)O)n1)c1ccccn1. The minimum Gasteiger partial charge on any atom is -0.477 e. The molecule has 92 valence electrons. The van der Waals surface area contributed by atoms with Crippen molar-refractivity contribution in [2.45, 2.75) is 13.0 Å². The Morgan fingerprint density at radius 2 is 2.11 bits per heavy atom. The normalized spacial score (nSPS) is 11.8. The second-order valence-electron chi connectivity index (χ2n) is 3.83. The van der Waals surface area contributed by atoms with Crippen molar-refractivity contribution in [1.82, 2.24) is 9.97 Å². The van der Waals surface area contributed by atoms with Crippen molar-refractivity contribution in [3.63, 3.8) is 0 Å². The third-order valence-corrected chi connectivity index (χ3v) is 2.46. The number of anilines is 1. The fraction of sp³-hybridized carbons (Fsp3) is 0.154. The molecular weight excluding hydrogens is 230 g/mol. The molecule has 1 atom stereocenters. The Kier molecular flexibility index (Phi) is 3.52. The number of nitrogens with one attached hydrogen (secondary N) is 1. The van der Waals surface area contributed by atoms with Crippen LogP contribution in [0.15, 0.2) is 42.6 Å². The lowest BCUT2D eigenvalue weighted by atomic mass is 10.2. The van der Waals surface area contributed by atoms with Crippen LogP contribution in [0.3, 0.4) is 0 Å². The van der Waals surface area contributed by atoms with Crippen LogP contribution >= 0.6 is 0 Å². The van der Waals surface area contributed by atoms with Gasteiger partial charge < -0.3 is 10.4 Å². The van der Waals surface area contributed by atoms with Gasteiger partial charge in [-0.3, -0.25) is 4.98 Å². The van der Waals surface area contributed by atoms with Gasteiger partial charge in [-0.2, -0.15) is 0 Å². The molecule has 2 N–H and O–H groups in total. The van der Waals surface area contributed by atoms with Crippen molar-refractivity contribution >= 4 is 11.8 Å². The maximum Gasteiger partial charge on any atom is 0.354 e. The molecule has 0 saturated carbocycles. The van der Waals surface area contributed by atoms with Crippen LogP contribution in [0.4, 0.5) is 5.82 Å². The lowest BCUT2D eigenvalue weighted by molar-refractivity contribution is 0.0690. The molecule has 2 aromatic rings. The number of rotatable bonds is 4. The second-order valence-corrected chi connectivity index (χ2v) is 3.83. The van der Waals surface area contributed by atoms with E-state index in [9.17, 15) is 4.79 Å². The number of nitrogens with zero attached hydrogens (tertiary/aromatic N) is 2. The van der Waals surface area contributed by atoms with E-state index in [-0.39, 0.29) is 11.7 Å². The number of carbonyl (C=O) groups is 1. The molecule has 2 aromatic heterocycles. The summed E-state index contributed by atoms with van der Waals surface area (Å²) in [6.45, 7) is 1.94. The van der Waals surface area contributed by atoms with E-state index in [1.54, 1.807) is 18.3 Å². The molecule has 2 rings (SSSR count). The molecule has 0 bridgehead atoms. The Morgan fingerprint density at radius 3 is 2.78 bits per heavy atom. The summed E-state index contributed by atoms with van der Waals surface area (Å²) in [5, 5.41) is 12.0. The molecule has 0 aromatic carbocycles. The van der Waals surface area contributed by atoms with E-state index in [1.165, 1.54) is 6.07 Å². The highest BCUT2D eigenvalue weighted by atomic mass is 16.4. The van der Waals surface area contributed by atoms with E-state index in [2.05, 4.69) is 15.3 Å². The van der Waals surface area contributed by atoms with Gasteiger partial charge in [0.1, 0.15) is 5.82 Å². The second kappa shape index (κ2) is 5.27. The van der Waals surface area contributed by atoms with E-state index < -0.39 is 5.97 Å². The van der Waals surface area contributed by atoms with E-state index in [4.69, 9.17) is 5.11 Å². The minimum absolute atomic E-state index is 0.0215. The topological polar surface area (TPSA) is 75.1 Å². The standard InChI is InChI=1S/C13H13N3O2/c1-9(10-5-2-3-8-14-10)15-12-7-4-6-11(16-12)13(17)18/h2-9H,1H3,(H,15,16)(H,17,18)/t9-/m0/s1. The van der Waals surface area contributed by atoms with Crippen LogP contribution in [-0.2, 0) is 0 Å². The van der Waals surface area contributed by atoms with Crippen molar-refractivity contribution in [1.29, 1.82) is 0 Å². The predicted molar refractivity (Wildman–Crippen MR) is 67.5 cm³/mol. The molecule has 0 unspecified atom stereocenters. The van der Waals surface area contributed by atoms with Gasteiger partial charge in [0, 0.05) is 6.20 Å². The molecule has 0 aliphatic rings. The Hall–Kier alpha value is -2.43. The van der Waals surface area contributed by atoms with Crippen LogP contribution in [-0.4, -0.2) is 21.0 Å². The molecule has 0 radical (unpaired) electrons. The summed E-state index contributed by atoms with van der Waals surface area (Å²) in [5.41, 5.74) is 0.897. The molecular formula is C13H13N3O2. The first kappa shape index (κ1) is 12.0. The summed E-state index contributed by atoms with van der Waals surface area (Å²) in [5.74, 6) is -0.516. The van der Waals surface area contributed by atoms with Crippen molar-refractivity contribution in [3.05, 3.63) is 54.0 Å². The van der Waals surface area contributed by atoms with Crippen LogP contribution in [0.5, 0.6) is 0 Å². The lowest BCUT2D eigenvalue weighted by Gasteiger charge is -2.13. The molecule has 0 fully saturated rings. The molecule has 0 saturated heterocycles. The summed E-state index contributed by atoms with van der Waals surface area (Å²) >= 11 is 0. The van der Waals surface area contributed by atoms with Crippen LogP contribution < -0.4 is 5.32 Å². The summed E-state index contributed by atoms with van der Waals surface area (Å²) in [7, 11) is 0. The zero-order chi connectivity index (χ0) is 13.0. The lowest BCUT2D eigenvalue weighted by Crippen LogP contribution is -2.11. The quantitative estimate of drug-likeness (QED) is 0.862. The van der Waals surface area contributed by atoms with Gasteiger partial charge in [-0.15, -0.1) is 0 Å². The highest BCUT2D eigenvalue weighted by Crippen LogP contribution is 2.15. The molecule has 5 heteroatoms. The molecule has 0 spiro atoms. The number of hydrogen-bond donors (Lipinski definition) is 2. The number of pyridine rings is 2. The van der Waals surface area contributed by atoms with Crippen LogP contribution in [0.25, 0.3) is 0 Å². The first-order valence-electron chi connectivity index (χ1n) is 5.54. The average molecular weight is 243 g/mol. The molecule has 5 nitrogen and oxygen atoms in total. The largest absolute Gasteiger partial charge is 0.477 e. The Morgan fingerprint density at radius 1 is 1.28 bits per heavy atom. The minimum atomic E-state index is -1.04. The maximum absolute atomic E-state index is 10.8. The molecule has 0 aliphatic heterocycles. The smallest absolute Gasteiger partial charge is 0.354 e. The molecule has 0 aliphatic carbocycles. The van der Waals surface area contributed by atoms with Crippen molar-refractivity contribution < 1.29 is 9.90 Å². The Balaban J connectivity index is 2.14. The van der Waals surface area contributed by atoms with Gasteiger partial charge in [0.15, 0.2) is 5.69 Å². The predicted octanol–water partition coefficient (Wildman–Crippen LogP) is 2.35. The van der Waals surface area contributed by atoms with Gasteiger partial charge in [0.25, 0.3) is 0 Å². The Labute approximate surface area is 105 Å². The number of hydrogen-bond acceptors (Lipinski definition) is 4. The molecule has 18 heavy (non-hydrogen) atoms. The number of carboxylic acids is 1. The van der Waals surface area contributed by atoms with Crippen molar-refractivity contribution in [2.75, 3.05) is 5.32 Å². The maximum atomic E-state index is 10.8. The van der Waals surface area contributed by atoms with Crippen molar-refractivity contribution in [2.24, 2.45) is 0 Å². The van der Waals surface area contributed by atoms with E-state index in [0.717, 1.165) is 5.69 Å². The summed E-state index contributed by atoms with van der Waals surface area (Å²) < 4.78 is 0. The van der Waals surface area contributed by atoms with Crippen LogP contribution in [0, 0.1) is 0 Å². The summed E-state index contributed by atoms with van der Waals surface area (Å²) in [4.78, 5) is 19.0. The number of aromatic nitrogens is 2. The monoisotopic (exact) mass is 243 g/mol. The van der Waals surface area contributed by atoms with E-state index >= 15 is 0 Å². The molecule has 0 amide bonds. The first-order chi connectivity index (χ1) is 8.66. The third kappa shape index (κ3) is 2.82. The van der Waals surface area contributed by atoms with E-state index in [1.807, 2.05) is 25.1 Å². The van der Waals surface area contributed by atoms with Gasteiger partial charge in [0.05, 0.1) is 11.7 Å². The average Bonchev–Trinajstić information content (AvgIpc) is 2.40. The fourth-order valence-corrected chi connectivity index (χ4v) is 1.56. The van der Waals surface area contributed by atoms with Crippen LogP contribution in [0.1, 0.15) is 29.1 Å². The van der Waals surface area contributed by atoms with Gasteiger partial charge in [-0.1, -0.05) is 12.1 Å². The fourth-order valence-electron chi connectivity index (χ4n) is 1.56. The third-order valence-electron chi connectivity index (χ3n) is 2.46. The zero-order valence-electron chi connectivity index (χ0n) is 9.87. The highest BCUT2D eigenvalue weighted by Gasteiger charge is 2.09. The van der Waals surface area contributed by atoms with Gasteiger partial charge in [-0.25, -0.2) is 9.78 Å². The van der Waals surface area contributed by atoms with Gasteiger partial charge >= 0.3 is 5.97 Å². The molecule has 2 heterocycles. The van der Waals surface area contributed by atoms with Gasteiger partial charge in [0.2, 0.25) is 0 Å². The van der Waals surface area contributed by atoms with Crippen molar-refractivity contribution in [3.8, 4) is 0 Å². The Bertz CT molecular complexity index is 543. The number of aromatic carboxylic acids is 1. The first-order valence-corrected chi connectivity index (χ1v) is 5.54. The van der Waals surface area contributed by atoms with E-state index in [0.29, 0.717) is 5.82 Å². The zero-order valence-corrected chi connectivity index (χ0v) is 9.87.